The van der Waals surface area contributed by atoms with E-state index in [2.05, 4.69) is 20.6 Å². The first-order valence-electron chi connectivity index (χ1n) is 5.72. The number of nitrogens with one attached hydrogen (secondary N) is 2. The Morgan fingerprint density at radius 2 is 2.06 bits per heavy atom. The van der Waals surface area contributed by atoms with E-state index >= 15 is 0 Å². The molecule has 1 aromatic rings. The number of carbonyl (C=O) groups excluding carboxylic acids is 1. The molecule has 0 aliphatic rings. The molecule has 7 nitrogen and oxygen atoms in total. The number of aliphatic hydroxyl groups is 1. The van der Waals surface area contributed by atoms with Crippen LogP contribution in [-0.2, 0) is 4.79 Å². The summed E-state index contributed by atoms with van der Waals surface area (Å²) in [4.78, 5) is 19.3. The van der Waals surface area contributed by atoms with Crippen molar-refractivity contribution in [2.75, 3.05) is 24.2 Å². The first-order valence-corrected chi connectivity index (χ1v) is 5.72. The minimum absolute atomic E-state index is 0.0209. The molecule has 18 heavy (non-hydrogen) atoms. The fourth-order valence-corrected chi connectivity index (χ4v) is 1.24. The molecule has 1 aromatic heterocycles. The van der Waals surface area contributed by atoms with E-state index in [4.69, 9.17) is 5.73 Å². The zero-order chi connectivity index (χ0) is 13.7. The van der Waals surface area contributed by atoms with Gasteiger partial charge in [-0.05, 0) is 0 Å². The van der Waals surface area contributed by atoms with Crippen LogP contribution in [0.3, 0.4) is 0 Å². The summed E-state index contributed by atoms with van der Waals surface area (Å²) < 4.78 is 0. The van der Waals surface area contributed by atoms with E-state index in [1.807, 2.05) is 13.8 Å². The lowest BCUT2D eigenvalue weighted by atomic mass is 10.2. The topological polar surface area (TPSA) is 113 Å². The predicted octanol–water partition coefficient (Wildman–Crippen LogP) is -0.100. The molecule has 0 fully saturated rings. The van der Waals surface area contributed by atoms with Crippen molar-refractivity contribution in [1.82, 2.24) is 9.97 Å². The number of rotatable bonds is 6. The highest BCUT2D eigenvalue weighted by molar-refractivity contribution is 5.79. The molecule has 0 aromatic carbocycles. The van der Waals surface area contributed by atoms with Crippen LogP contribution in [0.15, 0.2) is 6.07 Å². The minimum atomic E-state index is -1.24. The van der Waals surface area contributed by atoms with Crippen LogP contribution >= 0.6 is 0 Å². The molecule has 0 spiro atoms. The molecule has 0 saturated carbocycles. The van der Waals surface area contributed by atoms with E-state index in [1.54, 1.807) is 13.1 Å². The Morgan fingerprint density at radius 3 is 2.56 bits per heavy atom. The van der Waals surface area contributed by atoms with Crippen molar-refractivity contribution in [3.05, 3.63) is 11.9 Å². The molecular weight excluding hydrogens is 234 g/mol. The first kappa shape index (κ1) is 14.2. The number of hydrogen-bond acceptors (Lipinski definition) is 6. The normalized spacial score (nSPS) is 12.3. The fraction of sp³-hybridized carbons (Fsp3) is 0.545. The molecule has 1 atom stereocenters. The Balaban J connectivity index is 2.81. The maximum atomic E-state index is 10.7. The molecule has 0 aliphatic carbocycles. The van der Waals surface area contributed by atoms with Crippen LogP contribution in [0.25, 0.3) is 0 Å². The van der Waals surface area contributed by atoms with Gasteiger partial charge >= 0.3 is 0 Å². The first-order chi connectivity index (χ1) is 8.43. The van der Waals surface area contributed by atoms with Crippen LogP contribution in [0.1, 0.15) is 25.6 Å². The van der Waals surface area contributed by atoms with Gasteiger partial charge in [0.15, 0.2) is 0 Å². The number of amides is 1. The average molecular weight is 253 g/mol. The Bertz CT molecular complexity index is 422. The van der Waals surface area contributed by atoms with Gasteiger partial charge in [-0.3, -0.25) is 4.79 Å². The molecule has 1 amide bonds. The molecule has 1 rings (SSSR count). The highest BCUT2D eigenvalue weighted by Gasteiger charge is 2.12. The summed E-state index contributed by atoms with van der Waals surface area (Å²) in [6, 6.07) is 1.69. The molecule has 0 aliphatic heterocycles. The third kappa shape index (κ3) is 3.85. The average Bonchev–Trinajstić information content (AvgIpc) is 2.35. The Hall–Kier alpha value is -1.89. The second kappa shape index (κ2) is 6.15. The van der Waals surface area contributed by atoms with Crippen molar-refractivity contribution >= 4 is 17.5 Å². The zero-order valence-electron chi connectivity index (χ0n) is 10.8. The van der Waals surface area contributed by atoms with Crippen LogP contribution in [-0.4, -0.2) is 40.7 Å². The van der Waals surface area contributed by atoms with Gasteiger partial charge in [-0.1, -0.05) is 13.8 Å². The summed E-state index contributed by atoms with van der Waals surface area (Å²) in [6.07, 6.45) is -1.24. The third-order valence-corrected chi connectivity index (χ3v) is 2.32. The number of nitrogens with zero attached hydrogens (tertiary/aromatic N) is 2. The summed E-state index contributed by atoms with van der Waals surface area (Å²) in [6.45, 7) is 3.99. The van der Waals surface area contributed by atoms with Gasteiger partial charge in [0.25, 0.3) is 0 Å². The monoisotopic (exact) mass is 253 g/mol. The lowest BCUT2D eigenvalue weighted by molar-refractivity contribution is -0.125. The summed E-state index contributed by atoms with van der Waals surface area (Å²) >= 11 is 0. The maximum Gasteiger partial charge on any atom is 0.248 e. The van der Waals surface area contributed by atoms with Gasteiger partial charge in [0.05, 0.1) is 6.54 Å². The largest absolute Gasteiger partial charge is 0.381 e. The Morgan fingerprint density at radius 1 is 1.44 bits per heavy atom. The number of aliphatic hydroxyl groups excluding tert-OH is 1. The Labute approximate surface area is 106 Å². The van der Waals surface area contributed by atoms with Crippen molar-refractivity contribution < 1.29 is 9.90 Å². The van der Waals surface area contributed by atoms with E-state index in [0.717, 1.165) is 0 Å². The molecular formula is C11H19N5O2. The standard InChI is InChI=1S/C11H19N5O2/c1-6(2)11-15-8(13-3)4-9(16-11)14-5-7(17)10(12)18/h4,6-7,17H,5H2,1-3H3,(H2,12,18)(H2,13,14,15,16). The van der Waals surface area contributed by atoms with Crippen LogP contribution in [0.5, 0.6) is 0 Å². The smallest absolute Gasteiger partial charge is 0.248 e. The van der Waals surface area contributed by atoms with Crippen LogP contribution in [0.2, 0.25) is 0 Å². The number of carbonyl (C=O) groups is 1. The number of nitrogens with two attached hydrogens (primary N) is 1. The maximum absolute atomic E-state index is 10.7. The van der Waals surface area contributed by atoms with Crippen molar-refractivity contribution in [1.29, 1.82) is 0 Å². The lowest BCUT2D eigenvalue weighted by Gasteiger charge is -2.12. The van der Waals surface area contributed by atoms with Gasteiger partial charge < -0.3 is 21.5 Å². The Kier molecular flexibility index (Phi) is 4.85. The molecule has 5 N–H and O–H groups in total. The number of aromatic nitrogens is 2. The molecule has 100 valence electrons. The lowest BCUT2D eigenvalue weighted by Crippen LogP contribution is -2.34. The van der Waals surface area contributed by atoms with Crippen molar-refractivity contribution in [2.45, 2.75) is 25.9 Å². The molecule has 0 radical (unpaired) electrons. The van der Waals surface area contributed by atoms with Gasteiger partial charge in [-0.25, -0.2) is 9.97 Å². The second-order valence-electron chi connectivity index (χ2n) is 4.20. The highest BCUT2D eigenvalue weighted by Crippen LogP contribution is 2.16. The van der Waals surface area contributed by atoms with Gasteiger partial charge in [-0.2, -0.15) is 0 Å². The predicted molar refractivity (Wildman–Crippen MR) is 69.4 cm³/mol. The quantitative estimate of drug-likeness (QED) is 0.563. The van der Waals surface area contributed by atoms with Crippen molar-refractivity contribution in [3.8, 4) is 0 Å². The molecule has 7 heteroatoms. The third-order valence-electron chi connectivity index (χ3n) is 2.32. The number of anilines is 2. The van der Waals surface area contributed by atoms with E-state index in [0.29, 0.717) is 17.5 Å². The van der Waals surface area contributed by atoms with Crippen LogP contribution < -0.4 is 16.4 Å². The highest BCUT2D eigenvalue weighted by atomic mass is 16.3. The SMILES string of the molecule is CNc1cc(NCC(O)C(N)=O)nc(C(C)C)n1. The number of primary amides is 1. The summed E-state index contributed by atoms with van der Waals surface area (Å²) in [5.41, 5.74) is 4.96. The van der Waals surface area contributed by atoms with E-state index in [1.165, 1.54) is 0 Å². The number of hydrogen-bond donors (Lipinski definition) is 4. The van der Waals surface area contributed by atoms with Gasteiger partial charge in [-0.15, -0.1) is 0 Å². The zero-order valence-corrected chi connectivity index (χ0v) is 10.8. The fourth-order valence-electron chi connectivity index (χ4n) is 1.24. The van der Waals surface area contributed by atoms with E-state index in [-0.39, 0.29) is 12.5 Å². The van der Waals surface area contributed by atoms with E-state index < -0.39 is 12.0 Å². The summed E-state index contributed by atoms with van der Waals surface area (Å²) in [5, 5.41) is 15.1. The molecule has 1 unspecified atom stereocenters. The minimum Gasteiger partial charge on any atom is -0.381 e. The van der Waals surface area contributed by atoms with E-state index in [9.17, 15) is 9.90 Å². The van der Waals surface area contributed by atoms with Gasteiger partial charge in [0.1, 0.15) is 23.6 Å². The molecule has 0 saturated heterocycles. The second-order valence-corrected chi connectivity index (χ2v) is 4.20. The van der Waals surface area contributed by atoms with Crippen LogP contribution in [0, 0.1) is 0 Å². The van der Waals surface area contributed by atoms with Crippen molar-refractivity contribution in [3.63, 3.8) is 0 Å². The molecule has 1 heterocycles. The van der Waals surface area contributed by atoms with Gasteiger partial charge in [0, 0.05) is 19.0 Å². The van der Waals surface area contributed by atoms with Crippen LogP contribution in [0.4, 0.5) is 11.6 Å². The summed E-state index contributed by atoms with van der Waals surface area (Å²) in [5.74, 6) is 1.30. The summed E-state index contributed by atoms with van der Waals surface area (Å²) in [7, 11) is 1.76. The van der Waals surface area contributed by atoms with Crippen molar-refractivity contribution in [2.24, 2.45) is 5.73 Å². The van der Waals surface area contributed by atoms with Gasteiger partial charge in [0.2, 0.25) is 5.91 Å². The molecule has 0 bridgehead atoms.